The topological polar surface area (TPSA) is 98.7 Å². The molecule has 7 nitrogen and oxygen atoms in total. The Morgan fingerprint density at radius 2 is 2.00 bits per heavy atom. The van der Waals surface area contributed by atoms with E-state index in [4.69, 9.17) is 5.11 Å². The summed E-state index contributed by atoms with van der Waals surface area (Å²) in [7, 11) is 1.63. The van der Waals surface area contributed by atoms with Gasteiger partial charge in [0.25, 0.3) is 0 Å². The number of aromatic carboxylic acids is 1. The van der Waals surface area contributed by atoms with Crippen LogP contribution in [-0.2, 0) is 4.79 Å². The molecule has 0 aliphatic heterocycles. The van der Waals surface area contributed by atoms with Crippen molar-refractivity contribution in [2.75, 3.05) is 25.5 Å². The van der Waals surface area contributed by atoms with Gasteiger partial charge in [0, 0.05) is 17.2 Å². The van der Waals surface area contributed by atoms with Gasteiger partial charge in [0.15, 0.2) is 0 Å². The first-order valence-electron chi connectivity index (χ1n) is 6.16. The molecule has 0 spiro atoms. The molecule has 1 rings (SSSR count). The number of halogens is 1. The third-order valence-corrected chi connectivity index (χ3v) is 3.43. The van der Waals surface area contributed by atoms with Gasteiger partial charge in [-0.2, -0.15) is 0 Å². The standard InChI is InChI=1S/C13H16IN3O4/c1-3-17(2)11(18)7-15-13(21)16-10-5-4-8(14)6-9(10)12(19)20/h4-6H,3,7H2,1-2H3,(H,19,20)(H2,15,16,21). The molecule has 114 valence electrons. The fourth-order valence-corrected chi connectivity index (χ4v) is 1.93. The minimum atomic E-state index is -1.13. The summed E-state index contributed by atoms with van der Waals surface area (Å²) in [5.74, 6) is -1.36. The Labute approximate surface area is 135 Å². The molecule has 0 radical (unpaired) electrons. The summed E-state index contributed by atoms with van der Waals surface area (Å²) in [5, 5.41) is 13.9. The van der Waals surface area contributed by atoms with Gasteiger partial charge in [-0.3, -0.25) is 4.79 Å². The van der Waals surface area contributed by atoms with Gasteiger partial charge in [0.05, 0.1) is 17.8 Å². The van der Waals surface area contributed by atoms with Crippen molar-refractivity contribution < 1.29 is 19.5 Å². The maximum absolute atomic E-state index is 11.7. The molecule has 3 amide bonds. The van der Waals surface area contributed by atoms with Gasteiger partial charge < -0.3 is 20.6 Å². The minimum absolute atomic E-state index is 0.00551. The molecule has 8 heteroatoms. The van der Waals surface area contributed by atoms with Gasteiger partial charge in [0.2, 0.25) is 5.91 Å². The van der Waals surface area contributed by atoms with Crippen LogP contribution in [0.5, 0.6) is 0 Å². The number of anilines is 1. The summed E-state index contributed by atoms with van der Waals surface area (Å²) >= 11 is 1.98. The van der Waals surface area contributed by atoms with Crippen LogP contribution in [0.4, 0.5) is 10.5 Å². The average molecular weight is 405 g/mol. The van der Waals surface area contributed by atoms with Crippen molar-refractivity contribution in [1.29, 1.82) is 0 Å². The Kier molecular flexibility index (Phi) is 6.40. The predicted octanol–water partition coefficient (Wildman–Crippen LogP) is 1.59. The molecule has 0 saturated heterocycles. The van der Waals surface area contributed by atoms with E-state index in [2.05, 4.69) is 10.6 Å². The Morgan fingerprint density at radius 3 is 2.57 bits per heavy atom. The Balaban J connectivity index is 2.67. The molecule has 1 aromatic rings. The molecule has 0 aliphatic carbocycles. The second-order valence-electron chi connectivity index (χ2n) is 4.21. The van der Waals surface area contributed by atoms with Crippen molar-refractivity contribution in [3.05, 3.63) is 27.3 Å². The van der Waals surface area contributed by atoms with E-state index < -0.39 is 12.0 Å². The summed E-state index contributed by atoms with van der Waals surface area (Å²) in [5.41, 5.74) is 0.172. The molecule has 0 aliphatic rings. The Bertz CT molecular complexity index is 562. The van der Waals surface area contributed by atoms with Gasteiger partial charge in [-0.15, -0.1) is 0 Å². The molecule has 0 bridgehead atoms. The normalized spacial score (nSPS) is 9.86. The van der Waals surface area contributed by atoms with Crippen LogP contribution in [0.1, 0.15) is 17.3 Å². The zero-order valence-electron chi connectivity index (χ0n) is 11.6. The van der Waals surface area contributed by atoms with E-state index in [0.717, 1.165) is 3.57 Å². The lowest BCUT2D eigenvalue weighted by Gasteiger charge is -2.15. The maximum Gasteiger partial charge on any atom is 0.337 e. The smallest absolute Gasteiger partial charge is 0.337 e. The number of nitrogens with one attached hydrogen (secondary N) is 2. The van der Waals surface area contributed by atoms with Gasteiger partial charge in [-0.05, 0) is 47.7 Å². The lowest BCUT2D eigenvalue weighted by Crippen LogP contribution is -2.39. The zero-order chi connectivity index (χ0) is 16.0. The molecule has 0 fully saturated rings. The fraction of sp³-hybridized carbons (Fsp3) is 0.308. The molecule has 0 unspecified atom stereocenters. The van der Waals surface area contributed by atoms with Crippen molar-refractivity contribution >= 4 is 46.2 Å². The first kappa shape index (κ1) is 17.2. The van der Waals surface area contributed by atoms with E-state index in [1.54, 1.807) is 13.1 Å². The van der Waals surface area contributed by atoms with Crippen molar-refractivity contribution in [2.45, 2.75) is 6.92 Å². The van der Waals surface area contributed by atoms with Gasteiger partial charge in [-0.1, -0.05) is 0 Å². The van der Waals surface area contributed by atoms with Crippen LogP contribution in [-0.4, -0.2) is 48.1 Å². The van der Waals surface area contributed by atoms with Crippen LogP contribution >= 0.6 is 22.6 Å². The number of rotatable bonds is 5. The molecule has 1 aromatic carbocycles. The summed E-state index contributed by atoms with van der Waals surface area (Å²) in [6.45, 7) is 2.22. The van der Waals surface area contributed by atoms with E-state index in [1.165, 1.54) is 17.0 Å². The van der Waals surface area contributed by atoms with Crippen LogP contribution < -0.4 is 10.6 Å². The molecule has 0 saturated carbocycles. The number of urea groups is 1. The van der Waals surface area contributed by atoms with Gasteiger partial charge in [0.1, 0.15) is 0 Å². The largest absolute Gasteiger partial charge is 0.478 e. The van der Waals surface area contributed by atoms with Gasteiger partial charge in [-0.25, -0.2) is 9.59 Å². The highest BCUT2D eigenvalue weighted by Crippen LogP contribution is 2.18. The quantitative estimate of drug-likeness (QED) is 0.648. The lowest BCUT2D eigenvalue weighted by molar-refractivity contribution is -0.128. The number of likely N-dealkylation sites (N-methyl/N-ethyl adjacent to an activating group) is 1. The highest BCUT2D eigenvalue weighted by Gasteiger charge is 2.14. The Morgan fingerprint density at radius 1 is 1.33 bits per heavy atom. The minimum Gasteiger partial charge on any atom is -0.478 e. The second-order valence-corrected chi connectivity index (χ2v) is 5.46. The number of carbonyl (C=O) groups is 3. The van der Waals surface area contributed by atoms with E-state index in [-0.39, 0.29) is 23.7 Å². The molecule has 3 N–H and O–H groups in total. The number of hydrogen-bond donors (Lipinski definition) is 3. The monoisotopic (exact) mass is 405 g/mol. The third kappa shape index (κ3) is 5.21. The van der Waals surface area contributed by atoms with Crippen LogP contribution in [0.3, 0.4) is 0 Å². The van der Waals surface area contributed by atoms with Crippen molar-refractivity contribution in [2.24, 2.45) is 0 Å². The number of carboxylic acid groups (broad SMARTS) is 1. The van der Waals surface area contributed by atoms with Crippen LogP contribution in [0.15, 0.2) is 18.2 Å². The molecular weight excluding hydrogens is 389 g/mol. The van der Waals surface area contributed by atoms with Crippen molar-refractivity contribution in [3.63, 3.8) is 0 Å². The summed E-state index contributed by atoms with van der Waals surface area (Å²) < 4.78 is 0.746. The number of amides is 3. The number of hydrogen-bond acceptors (Lipinski definition) is 3. The predicted molar refractivity (Wildman–Crippen MR) is 86.5 cm³/mol. The van der Waals surface area contributed by atoms with E-state index in [0.29, 0.717) is 6.54 Å². The average Bonchev–Trinajstić information content (AvgIpc) is 2.45. The van der Waals surface area contributed by atoms with Gasteiger partial charge >= 0.3 is 12.0 Å². The van der Waals surface area contributed by atoms with E-state index in [9.17, 15) is 14.4 Å². The fourth-order valence-electron chi connectivity index (χ4n) is 1.44. The summed E-state index contributed by atoms with van der Waals surface area (Å²) in [6, 6.07) is 4.01. The van der Waals surface area contributed by atoms with E-state index >= 15 is 0 Å². The third-order valence-electron chi connectivity index (χ3n) is 2.76. The zero-order valence-corrected chi connectivity index (χ0v) is 13.8. The number of carbonyl (C=O) groups excluding carboxylic acids is 2. The lowest BCUT2D eigenvalue weighted by atomic mass is 10.2. The molecule has 0 aromatic heterocycles. The van der Waals surface area contributed by atoms with E-state index in [1.807, 2.05) is 29.5 Å². The first-order chi connectivity index (χ1) is 9.85. The highest BCUT2D eigenvalue weighted by molar-refractivity contribution is 14.1. The number of benzene rings is 1. The summed E-state index contributed by atoms with van der Waals surface area (Å²) in [4.78, 5) is 35.8. The maximum atomic E-state index is 11.7. The second kappa shape index (κ2) is 7.81. The molecule has 21 heavy (non-hydrogen) atoms. The first-order valence-corrected chi connectivity index (χ1v) is 7.24. The molecular formula is C13H16IN3O4. The highest BCUT2D eigenvalue weighted by atomic mass is 127. The molecule has 0 heterocycles. The van der Waals surface area contributed by atoms with Crippen molar-refractivity contribution in [1.82, 2.24) is 10.2 Å². The van der Waals surface area contributed by atoms with Crippen LogP contribution in [0.25, 0.3) is 0 Å². The molecule has 0 atom stereocenters. The summed E-state index contributed by atoms with van der Waals surface area (Å²) in [6.07, 6.45) is 0. The number of nitrogens with zero attached hydrogens (tertiary/aromatic N) is 1. The van der Waals surface area contributed by atoms with Crippen LogP contribution in [0, 0.1) is 3.57 Å². The number of carboxylic acids is 1. The Hall–Kier alpha value is -1.84. The van der Waals surface area contributed by atoms with Crippen LogP contribution in [0.2, 0.25) is 0 Å². The SMILES string of the molecule is CCN(C)C(=O)CNC(=O)Nc1ccc(I)cc1C(=O)O. The van der Waals surface area contributed by atoms with Crippen molar-refractivity contribution in [3.8, 4) is 0 Å².